The number of nitrogens with zero attached hydrogens (tertiary/aromatic N) is 2. The van der Waals surface area contributed by atoms with E-state index in [0.717, 1.165) is 29.1 Å². The third-order valence-corrected chi connectivity index (χ3v) is 5.70. The number of alkyl halides is 1. The molecule has 3 nitrogen and oxygen atoms in total. The molecule has 1 aliphatic carbocycles. The average Bonchev–Trinajstić information content (AvgIpc) is 2.96. The maximum atomic E-state index is 13.0. The highest BCUT2D eigenvalue weighted by atomic mass is 79.9. The van der Waals surface area contributed by atoms with E-state index >= 15 is 0 Å². The quantitative estimate of drug-likeness (QED) is 0.614. The van der Waals surface area contributed by atoms with Crippen LogP contribution < -0.4 is 0 Å². The molecule has 0 saturated carbocycles. The number of para-hydroxylation sites is 1. The Morgan fingerprint density at radius 3 is 2.33 bits per heavy atom. The Morgan fingerprint density at radius 2 is 1.67 bits per heavy atom. The number of hydrogen-bond acceptors (Lipinski definition) is 2. The molecule has 0 radical (unpaired) electrons. The maximum absolute atomic E-state index is 13.0. The fraction of sp³-hybridized carbons (Fsp3) is 0.200. The minimum atomic E-state index is -0.209. The summed E-state index contributed by atoms with van der Waals surface area (Å²) in [5.74, 6) is 0.245. The van der Waals surface area contributed by atoms with Crippen molar-refractivity contribution in [2.75, 3.05) is 0 Å². The topological polar surface area (TPSA) is 34.9 Å². The number of rotatable bonds is 2. The standard InChI is InChI=1S/C20H17BrN2O/c1-13-18-17(23(22-13)15-10-6-3-7-11-15)12-16(19(21)20(18)24)14-8-4-2-5-9-14/h2-11,16,19H,12H2,1H3/t16-,19+/m0/s1. The molecule has 1 heterocycles. The molecule has 0 fully saturated rings. The first-order chi connectivity index (χ1) is 11.7. The molecule has 24 heavy (non-hydrogen) atoms. The van der Waals surface area contributed by atoms with Gasteiger partial charge in [0.15, 0.2) is 5.78 Å². The molecule has 0 saturated heterocycles. The lowest BCUT2D eigenvalue weighted by atomic mass is 9.81. The van der Waals surface area contributed by atoms with Gasteiger partial charge in [0.2, 0.25) is 0 Å². The first-order valence-electron chi connectivity index (χ1n) is 8.04. The van der Waals surface area contributed by atoms with Gasteiger partial charge < -0.3 is 0 Å². The molecule has 1 aliphatic rings. The number of carbonyl (C=O) groups is 1. The third kappa shape index (κ3) is 2.42. The molecule has 4 rings (SSSR count). The fourth-order valence-corrected chi connectivity index (χ4v) is 4.21. The molecule has 4 heteroatoms. The smallest absolute Gasteiger partial charge is 0.180 e. The monoisotopic (exact) mass is 380 g/mol. The minimum absolute atomic E-state index is 0.116. The van der Waals surface area contributed by atoms with Crippen LogP contribution in [0, 0.1) is 6.92 Å². The molecule has 2 atom stereocenters. The van der Waals surface area contributed by atoms with Crippen LogP contribution >= 0.6 is 15.9 Å². The molecule has 0 aliphatic heterocycles. The summed E-state index contributed by atoms with van der Waals surface area (Å²) >= 11 is 3.64. The lowest BCUT2D eigenvalue weighted by Gasteiger charge is -2.27. The van der Waals surface area contributed by atoms with Crippen molar-refractivity contribution in [3.8, 4) is 5.69 Å². The number of hydrogen-bond donors (Lipinski definition) is 0. The van der Waals surface area contributed by atoms with E-state index < -0.39 is 0 Å². The van der Waals surface area contributed by atoms with Crippen LogP contribution in [0.4, 0.5) is 0 Å². The van der Waals surface area contributed by atoms with Crippen molar-refractivity contribution in [3.63, 3.8) is 0 Å². The summed E-state index contributed by atoms with van der Waals surface area (Å²) in [5, 5.41) is 4.65. The van der Waals surface area contributed by atoms with E-state index in [4.69, 9.17) is 0 Å². The van der Waals surface area contributed by atoms with Crippen LogP contribution in [0.1, 0.15) is 33.2 Å². The molecule has 3 aromatic rings. The second kappa shape index (κ2) is 6.02. The highest BCUT2D eigenvalue weighted by Crippen LogP contribution is 2.38. The number of aryl methyl sites for hydroxylation is 1. The zero-order valence-corrected chi connectivity index (χ0v) is 14.9. The van der Waals surface area contributed by atoms with Gasteiger partial charge in [-0.1, -0.05) is 64.5 Å². The van der Waals surface area contributed by atoms with E-state index in [9.17, 15) is 4.79 Å². The Labute approximate surface area is 149 Å². The summed E-state index contributed by atoms with van der Waals surface area (Å²) in [6.45, 7) is 1.92. The largest absolute Gasteiger partial charge is 0.293 e. The van der Waals surface area contributed by atoms with Gasteiger partial charge >= 0.3 is 0 Å². The summed E-state index contributed by atoms with van der Waals surface area (Å²) in [7, 11) is 0. The Kier molecular flexibility index (Phi) is 3.85. The molecule has 2 aromatic carbocycles. The second-order valence-electron chi connectivity index (χ2n) is 6.14. The number of ketones is 1. The van der Waals surface area contributed by atoms with Crippen molar-refractivity contribution in [1.29, 1.82) is 0 Å². The van der Waals surface area contributed by atoms with Crippen LogP contribution in [0.5, 0.6) is 0 Å². The zero-order valence-electron chi connectivity index (χ0n) is 13.3. The van der Waals surface area contributed by atoms with Crippen molar-refractivity contribution in [1.82, 2.24) is 9.78 Å². The van der Waals surface area contributed by atoms with Crippen LogP contribution in [0.25, 0.3) is 5.69 Å². The van der Waals surface area contributed by atoms with E-state index in [0.29, 0.717) is 0 Å². The molecule has 0 N–H and O–H groups in total. The van der Waals surface area contributed by atoms with Crippen LogP contribution in [-0.2, 0) is 6.42 Å². The molecule has 120 valence electrons. The summed E-state index contributed by atoms with van der Waals surface area (Å²) in [5.41, 5.74) is 4.75. The van der Waals surface area contributed by atoms with Gasteiger partial charge in [-0.2, -0.15) is 5.10 Å². The molecule has 0 bridgehead atoms. The predicted molar refractivity (Wildman–Crippen MR) is 98.2 cm³/mol. The lowest BCUT2D eigenvalue weighted by Crippen LogP contribution is -2.31. The van der Waals surface area contributed by atoms with E-state index in [1.54, 1.807) is 0 Å². The van der Waals surface area contributed by atoms with Crippen molar-refractivity contribution < 1.29 is 4.79 Å². The van der Waals surface area contributed by atoms with E-state index in [1.807, 2.05) is 60.1 Å². The summed E-state index contributed by atoms with van der Waals surface area (Å²) in [6, 6.07) is 20.2. The molecular formula is C20H17BrN2O. The Bertz CT molecular complexity index is 887. The highest BCUT2D eigenvalue weighted by Gasteiger charge is 2.38. The summed E-state index contributed by atoms with van der Waals surface area (Å²) < 4.78 is 1.93. The van der Waals surface area contributed by atoms with Gasteiger partial charge in [-0.25, -0.2) is 4.68 Å². The van der Waals surface area contributed by atoms with Crippen LogP contribution in [0.3, 0.4) is 0 Å². The van der Waals surface area contributed by atoms with Gasteiger partial charge in [-0.05, 0) is 31.0 Å². The Hall–Kier alpha value is -2.20. The van der Waals surface area contributed by atoms with Crippen molar-refractivity contribution in [2.24, 2.45) is 0 Å². The average molecular weight is 381 g/mol. The van der Waals surface area contributed by atoms with Crippen molar-refractivity contribution in [3.05, 3.63) is 83.2 Å². The van der Waals surface area contributed by atoms with Crippen LogP contribution in [0.2, 0.25) is 0 Å². The minimum Gasteiger partial charge on any atom is -0.293 e. The molecule has 0 spiro atoms. The highest BCUT2D eigenvalue weighted by molar-refractivity contribution is 9.10. The Morgan fingerprint density at radius 1 is 1.04 bits per heavy atom. The third-order valence-electron chi connectivity index (χ3n) is 4.65. The first-order valence-corrected chi connectivity index (χ1v) is 8.95. The fourth-order valence-electron chi connectivity index (χ4n) is 3.49. The van der Waals surface area contributed by atoms with Gasteiger partial charge in [-0.15, -0.1) is 0 Å². The predicted octanol–water partition coefficient (Wildman–Crippen LogP) is 4.47. The number of benzene rings is 2. The van der Waals surface area contributed by atoms with E-state index in [1.165, 1.54) is 5.56 Å². The van der Waals surface area contributed by atoms with E-state index in [2.05, 4.69) is 33.2 Å². The van der Waals surface area contributed by atoms with Crippen LogP contribution in [-0.4, -0.2) is 20.4 Å². The lowest BCUT2D eigenvalue weighted by molar-refractivity contribution is 0.0973. The summed E-state index contributed by atoms with van der Waals surface area (Å²) in [6.07, 6.45) is 0.788. The van der Waals surface area contributed by atoms with Gasteiger partial charge in [0.05, 0.1) is 27.5 Å². The van der Waals surface area contributed by atoms with Gasteiger partial charge in [0.1, 0.15) is 0 Å². The number of fused-ring (bicyclic) bond motifs is 1. The normalized spacial score (nSPS) is 20.0. The number of Topliss-reactive ketones (excluding diaryl/α,β-unsaturated/α-hetero) is 1. The summed E-state index contributed by atoms with van der Waals surface area (Å²) in [4.78, 5) is 12.8. The maximum Gasteiger partial charge on any atom is 0.180 e. The van der Waals surface area contributed by atoms with Crippen molar-refractivity contribution >= 4 is 21.7 Å². The molecular weight excluding hydrogens is 364 g/mol. The number of carbonyl (C=O) groups excluding carboxylic acids is 1. The van der Waals surface area contributed by atoms with E-state index in [-0.39, 0.29) is 16.5 Å². The molecule has 1 aromatic heterocycles. The van der Waals surface area contributed by atoms with Gasteiger partial charge in [0.25, 0.3) is 0 Å². The van der Waals surface area contributed by atoms with Crippen LogP contribution in [0.15, 0.2) is 60.7 Å². The zero-order chi connectivity index (χ0) is 16.7. The second-order valence-corrected chi connectivity index (χ2v) is 7.13. The van der Waals surface area contributed by atoms with Gasteiger partial charge in [-0.3, -0.25) is 4.79 Å². The first kappa shape index (κ1) is 15.3. The Balaban J connectivity index is 1.85. The SMILES string of the molecule is Cc1nn(-c2ccccc2)c2c1C(=O)[C@H](Br)[C@H](c1ccccc1)C2. The molecule has 0 unspecified atom stereocenters. The van der Waals surface area contributed by atoms with Gasteiger partial charge in [0, 0.05) is 5.92 Å². The number of halogens is 1. The number of aromatic nitrogens is 2. The molecule has 0 amide bonds. The van der Waals surface area contributed by atoms with Crippen molar-refractivity contribution in [2.45, 2.75) is 24.1 Å².